The molecule has 0 unspecified atom stereocenters. The second kappa shape index (κ2) is 9.45. The summed E-state index contributed by atoms with van der Waals surface area (Å²) in [4.78, 5) is 34.9. The molecule has 0 aliphatic heterocycles. The second-order valence-electron chi connectivity index (χ2n) is 6.79. The van der Waals surface area contributed by atoms with Crippen molar-refractivity contribution in [1.29, 1.82) is 0 Å². The molecule has 0 aromatic heterocycles. The smallest absolute Gasteiger partial charge is 0.271 e. The van der Waals surface area contributed by atoms with Crippen LogP contribution in [0.15, 0.2) is 77.9 Å². The number of anilines is 1. The molecule has 3 aromatic carbocycles. The van der Waals surface area contributed by atoms with Crippen molar-refractivity contribution in [3.63, 3.8) is 0 Å². The number of nitrogens with one attached hydrogen (secondary N) is 2. The molecular formula is C23H20N4O4. The molecule has 8 heteroatoms. The number of rotatable bonds is 6. The maximum atomic E-state index is 12.4. The van der Waals surface area contributed by atoms with Gasteiger partial charge in [-0.05, 0) is 67.4 Å². The first-order valence-corrected chi connectivity index (χ1v) is 9.41. The Bertz CT molecular complexity index is 1150. The van der Waals surface area contributed by atoms with Crippen LogP contribution in [0.5, 0.6) is 0 Å². The van der Waals surface area contributed by atoms with Crippen molar-refractivity contribution in [3.8, 4) is 0 Å². The van der Waals surface area contributed by atoms with E-state index in [-0.39, 0.29) is 11.6 Å². The Morgan fingerprint density at radius 1 is 0.871 bits per heavy atom. The van der Waals surface area contributed by atoms with E-state index in [1.807, 2.05) is 19.1 Å². The van der Waals surface area contributed by atoms with Gasteiger partial charge >= 0.3 is 0 Å². The molecule has 0 radical (unpaired) electrons. The zero-order chi connectivity index (χ0) is 22.4. The second-order valence-corrected chi connectivity index (χ2v) is 6.79. The highest BCUT2D eigenvalue weighted by molar-refractivity contribution is 6.05. The van der Waals surface area contributed by atoms with E-state index in [2.05, 4.69) is 15.8 Å². The lowest BCUT2D eigenvalue weighted by molar-refractivity contribution is -0.384. The summed E-state index contributed by atoms with van der Waals surface area (Å²) in [5, 5.41) is 17.6. The monoisotopic (exact) mass is 416 g/mol. The van der Waals surface area contributed by atoms with Crippen molar-refractivity contribution < 1.29 is 14.5 Å². The van der Waals surface area contributed by atoms with Crippen LogP contribution in [-0.4, -0.2) is 22.4 Å². The topological polar surface area (TPSA) is 114 Å². The Morgan fingerprint density at radius 3 is 2.10 bits per heavy atom. The van der Waals surface area contributed by atoms with Gasteiger partial charge in [-0.15, -0.1) is 0 Å². The molecule has 3 rings (SSSR count). The van der Waals surface area contributed by atoms with Gasteiger partial charge in [0.15, 0.2) is 0 Å². The van der Waals surface area contributed by atoms with Crippen LogP contribution in [0.25, 0.3) is 0 Å². The fourth-order valence-corrected chi connectivity index (χ4v) is 2.82. The number of amides is 2. The third kappa shape index (κ3) is 5.39. The van der Waals surface area contributed by atoms with E-state index < -0.39 is 10.8 Å². The van der Waals surface area contributed by atoms with Crippen LogP contribution in [0.2, 0.25) is 0 Å². The number of hydrogen-bond donors (Lipinski definition) is 2. The minimum Gasteiger partial charge on any atom is -0.322 e. The lowest BCUT2D eigenvalue weighted by Gasteiger charge is -2.08. The largest absolute Gasteiger partial charge is 0.322 e. The van der Waals surface area contributed by atoms with Crippen LogP contribution >= 0.6 is 0 Å². The summed E-state index contributed by atoms with van der Waals surface area (Å²) in [6.07, 6.45) is 0. The van der Waals surface area contributed by atoms with E-state index in [0.717, 1.165) is 5.56 Å². The Kier molecular flexibility index (Phi) is 6.51. The maximum absolute atomic E-state index is 12.4. The lowest BCUT2D eigenvalue weighted by atomic mass is 10.1. The number of hydrogen-bond acceptors (Lipinski definition) is 5. The third-order valence-electron chi connectivity index (χ3n) is 4.62. The first kappa shape index (κ1) is 21.4. The third-order valence-corrected chi connectivity index (χ3v) is 4.62. The van der Waals surface area contributed by atoms with Crippen molar-refractivity contribution in [2.24, 2.45) is 5.10 Å². The molecule has 0 spiro atoms. The fraction of sp³-hybridized carbons (Fsp3) is 0.0870. The predicted molar refractivity (Wildman–Crippen MR) is 118 cm³/mol. The van der Waals surface area contributed by atoms with Gasteiger partial charge in [0.05, 0.1) is 10.6 Å². The normalized spacial score (nSPS) is 11.0. The van der Waals surface area contributed by atoms with Crippen LogP contribution in [-0.2, 0) is 0 Å². The number of carbonyl (C=O) groups is 2. The minimum absolute atomic E-state index is 0.0183. The van der Waals surface area contributed by atoms with Gasteiger partial charge in [0, 0.05) is 28.9 Å². The van der Waals surface area contributed by atoms with Gasteiger partial charge in [-0.2, -0.15) is 5.10 Å². The molecule has 3 aromatic rings. The molecule has 156 valence electrons. The number of benzene rings is 3. The Balaban J connectivity index is 1.62. The fourth-order valence-electron chi connectivity index (χ4n) is 2.82. The lowest BCUT2D eigenvalue weighted by Crippen LogP contribution is -2.19. The number of non-ortho nitro benzene ring substituents is 1. The number of nitrogens with zero attached hydrogens (tertiary/aromatic N) is 2. The Labute approximate surface area is 178 Å². The predicted octanol–water partition coefficient (Wildman–Crippen LogP) is 4.31. The van der Waals surface area contributed by atoms with E-state index in [1.165, 1.54) is 12.1 Å². The first-order valence-electron chi connectivity index (χ1n) is 9.41. The quantitative estimate of drug-likeness (QED) is 0.354. The summed E-state index contributed by atoms with van der Waals surface area (Å²) in [6.45, 7) is 3.55. The van der Waals surface area contributed by atoms with Crippen LogP contribution in [0.4, 0.5) is 11.4 Å². The number of hydrazone groups is 1. The van der Waals surface area contributed by atoms with Crippen molar-refractivity contribution in [3.05, 3.63) is 105 Å². The highest BCUT2D eigenvalue weighted by Crippen LogP contribution is 2.14. The zero-order valence-corrected chi connectivity index (χ0v) is 17.0. The van der Waals surface area contributed by atoms with Crippen LogP contribution in [0.3, 0.4) is 0 Å². The molecule has 0 heterocycles. The molecule has 0 saturated carbocycles. The number of aryl methyl sites for hydroxylation is 1. The molecule has 0 saturated heterocycles. The highest BCUT2D eigenvalue weighted by Gasteiger charge is 2.10. The van der Waals surface area contributed by atoms with Gasteiger partial charge in [-0.25, -0.2) is 5.43 Å². The average Bonchev–Trinajstić information content (AvgIpc) is 2.78. The average molecular weight is 416 g/mol. The molecule has 2 N–H and O–H groups in total. The summed E-state index contributed by atoms with van der Waals surface area (Å²) in [7, 11) is 0. The first-order chi connectivity index (χ1) is 14.8. The summed E-state index contributed by atoms with van der Waals surface area (Å²) in [5.41, 5.74) is 5.99. The summed E-state index contributed by atoms with van der Waals surface area (Å²) >= 11 is 0. The van der Waals surface area contributed by atoms with Crippen LogP contribution in [0.1, 0.15) is 38.8 Å². The molecule has 0 fully saturated rings. The molecule has 31 heavy (non-hydrogen) atoms. The van der Waals surface area contributed by atoms with Gasteiger partial charge in [-0.3, -0.25) is 19.7 Å². The van der Waals surface area contributed by atoms with Crippen LogP contribution < -0.4 is 10.7 Å². The highest BCUT2D eigenvalue weighted by atomic mass is 16.6. The standard InChI is InChI=1S/C23H20N4O4/c1-15-5-3-4-6-21(15)23(29)24-19-11-7-18(8-12-19)22(28)26-25-16(2)17-9-13-20(14-10-17)27(30)31/h3-14H,1-2H3,(H,24,29)(H,26,28). The number of nitro benzene ring substituents is 1. The Morgan fingerprint density at radius 2 is 1.48 bits per heavy atom. The molecule has 2 amide bonds. The van der Waals surface area contributed by atoms with Gasteiger partial charge in [-0.1, -0.05) is 18.2 Å². The molecular weight excluding hydrogens is 396 g/mol. The number of nitro groups is 1. The summed E-state index contributed by atoms with van der Waals surface area (Å²) < 4.78 is 0. The molecule has 0 aliphatic carbocycles. The van der Waals surface area contributed by atoms with E-state index >= 15 is 0 Å². The van der Waals surface area contributed by atoms with Crippen molar-refractivity contribution in [2.75, 3.05) is 5.32 Å². The van der Waals surface area contributed by atoms with Gasteiger partial charge in [0.2, 0.25) is 0 Å². The zero-order valence-electron chi connectivity index (χ0n) is 17.0. The molecule has 8 nitrogen and oxygen atoms in total. The van der Waals surface area contributed by atoms with E-state index in [0.29, 0.717) is 28.1 Å². The molecule has 0 aliphatic rings. The van der Waals surface area contributed by atoms with E-state index in [4.69, 9.17) is 0 Å². The van der Waals surface area contributed by atoms with Gasteiger partial charge in [0.25, 0.3) is 17.5 Å². The van der Waals surface area contributed by atoms with Gasteiger partial charge in [0.1, 0.15) is 0 Å². The number of carbonyl (C=O) groups excluding carboxylic acids is 2. The van der Waals surface area contributed by atoms with Crippen molar-refractivity contribution >= 4 is 28.9 Å². The Hall–Kier alpha value is -4.33. The van der Waals surface area contributed by atoms with E-state index in [1.54, 1.807) is 55.5 Å². The van der Waals surface area contributed by atoms with Crippen molar-refractivity contribution in [1.82, 2.24) is 5.43 Å². The molecule has 0 bridgehead atoms. The van der Waals surface area contributed by atoms with Crippen LogP contribution in [0, 0.1) is 17.0 Å². The minimum atomic E-state index is -0.481. The summed E-state index contributed by atoms with van der Waals surface area (Å²) in [6, 6.07) is 19.6. The SMILES string of the molecule is CC(=NNC(=O)c1ccc(NC(=O)c2ccccc2C)cc1)c1ccc([N+](=O)[O-])cc1. The molecule has 0 atom stereocenters. The van der Waals surface area contributed by atoms with E-state index in [9.17, 15) is 19.7 Å². The maximum Gasteiger partial charge on any atom is 0.271 e. The summed E-state index contributed by atoms with van der Waals surface area (Å²) in [5.74, 6) is -0.642. The van der Waals surface area contributed by atoms with Crippen molar-refractivity contribution in [2.45, 2.75) is 13.8 Å². The van der Waals surface area contributed by atoms with Gasteiger partial charge < -0.3 is 5.32 Å².